The summed E-state index contributed by atoms with van der Waals surface area (Å²) in [6.07, 6.45) is 1.09. The maximum absolute atomic E-state index is 10.8. The van der Waals surface area contributed by atoms with E-state index in [4.69, 9.17) is 5.11 Å². The molecule has 0 aromatic rings. The molecule has 1 rings (SSSR count). The van der Waals surface area contributed by atoms with Crippen LogP contribution in [-0.2, 0) is 4.79 Å². The van der Waals surface area contributed by atoms with Crippen LogP contribution in [0.4, 0.5) is 0 Å². The van der Waals surface area contributed by atoms with Crippen LogP contribution in [0.1, 0.15) is 34.1 Å². The molecule has 2 atom stereocenters. The summed E-state index contributed by atoms with van der Waals surface area (Å²) in [7, 11) is 0. The fraction of sp³-hybridized carbons (Fsp3) is 0.900. The van der Waals surface area contributed by atoms with Gasteiger partial charge in [-0.15, -0.1) is 0 Å². The Kier molecular flexibility index (Phi) is 2.66. The largest absolute Gasteiger partial charge is 0.480 e. The SMILES string of the molecule is CC1CN(C(C)C(=O)O)C(C)(C)C1. The van der Waals surface area contributed by atoms with Crippen LogP contribution in [-0.4, -0.2) is 34.1 Å². The average molecular weight is 185 g/mol. The number of carboxylic acids is 1. The Bertz CT molecular complexity index is 213. The van der Waals surface area contributed by atoms with Gasteiger partial charge < -0.3 is 5.11 Å². The van der Waals surface area contributed by atoms with Crippen LogP contribution in [0, 0.1) is 5.92 Å². The molecule has 1 saturated heterocycles. The molecule has 1 aliphatic heterocycles. The van der Waals surface area contributed by atoms with Crippen LogP contribution >= 0.6 is 0 Å². The third kappa shape index (κ3) is 2.02. The molecule has 3 heteroatoms. The molecule has 0 amide bonds. The smallest absolute Gasteiger partial charge is 0.320 e. The van der Waals surface area contributed by atoms with Gasteiger partial charge in [0, 0.05) is 12.1 Å². The fourth-order valence-electron chi connectivity index (χ4n) is 2.43. The maximum Gasteiger partial charge on any atom is 0.320 e. The second-order valence-corrected chi connectivity index (χ2v) is 4.79. The van der Waals surface area contributed by atoms with Crippen molar-refractivity contribution >= 4 is 5.97 Å². The van der Waals surface area contributed by atoms with Crippen LogP contribution in [0.5, 0.6) is 0 Å². The van der Waals surface area contributed by atoms with E-state index in [1.54, 1.807) is 6.92 Å². The number of aliphatic carboxylic acids is 1. The van der Waals surface area contributed by atoms with Crippen LogP contribution in [0.15, 0.2) is 0 Å². The van der Waals surface area contributed by atoms with Crippen LogP contribution < -0.4 is 0 Å². The third-order valence-corrected chi connectivity index (χ3v) is 2.96. The average Bonchev–Trinajstić information content (AvgIpc) is 2.22. The number of carboxylic acid groups (broad SMARTS) is 1. The van der Waals surface area contributed by atoms with E-state index in [0.29, 0.717) is 5.92 Å². The fourth-order valence-corrected chi connectivity index (χ4v) is 2.43. The van der Waals surface area contributed by atoms with E-state index in [2.05, 4.69) is 25.7 Å². The Hall–Kier alpha value is -0.570. The molecule has 1 heterocycles. The number of rotatable bonds is 2. The molecule has 1 aliphatic rings. The maximum atomic E-state index is 10.8. The van der Waals surface area contributed by atoms with Crippen molar-refractivity contribution in [3.8, 4) is 0 Å². The van der Waals surface area contributed by atoms with Gasteiger partial charge in [-0.05, 0) is 33.1 Å². The van der Waals surface area contributed by atoms with Crippen molar-refractivity contribution in [1.29, 1.82) is 0 Å². The van der Waals surface area contributed by atoms with Crippen LogP contribution in [0.25, 0.3) is 0 Å². The number of hydrogen-bond donors (Lipinski definition) is 1. The van der Waals surface area contributed by atoms with Gasteiger partial charge in [-0.25, -0.2) is 0 Å². The number of carbonyl (C=O) groups is 1. The van der Waals surface area contributed by atoms with Gasteiger partial charge >= 0.3 is 5.97 Å². The normalized spacial score (nSPS) is 30.3. The van der Waals surface area contributed by atoms with Gasteiger partial charge in [-0.1, -0.05) is 6.92 Å². The molecule has 1 N–H and O–H groups in total. The van der Waals surface area contributed by atoms with Crippen LogP contribution in [0.3, 0.4) is 0 Å². The Balaban J connectivity index is 2.75. The van der Waals surface area contributed by atoms with Gasteiger partial charge in [-0.3, -0.25) is 9.69 Å². The molecule has 0 aromatic heterocycles. The molecule has 3 nitrogen and oxygen atoms in total. The zero-order valence-corrected chi connectivity index (χ0v) is 8.87. The van der Waals surface area contributed by atoms with Crippen molar-refractivity contribution in [2.75, 3.05) is 6.54 Å². The zero-order chi connectivity index (χ0) is 10.2. The van der Waals surface area contributed by atoms with Crippen molar-refractivity contribution in [2.24, 2.45) is 5.92 Å². The van der Waals surface area contributed by atoms with E-state index in [9.17, 15) is 4.79 Å². The van der Waals surface area contributed by atoms with Crippen molar-refractivity contribution in [2.45, 2.75) is 45.7 Å². The third-order valence-electron chi connectivity index (χ3n) is 2.96. The highest BCUT2D eigenvalue weighted by Gasteiger charge is 2.40. The monoisotopic (exact) mass is 185 g/mol. The molecular weight excluding hydrogens is 166 g/mol. The lowest BCUT2D eigenvalue weighted by atomic mass is 9.97. The Morgan fingerprint density at radius 2 is 2.15 bits per heavy atom. The first-order chi connectivity index (χ1) is 5.84. The summed E-state index contributed by atoms with van der Waals surface area (Å²) in [5.41, 5.74) is 0.0389. The lowest BCUT2D eigenvalue weighted by molar-refractivity contribution is -0.144. The second-order valence-electron chi connectivity index (χ2n) is 4.79. The second kappa shape index (κ2) is 3.29. The highest BCUT2D eigenvalue weighted by atomic mass is 16.4. The lowest BCUT2D eigenvalue weighted by Gasteiger charge is -2.34. The van der Waals surface area contributed by atoms with Gasteiger partial charge in [0.05, 0.1) is 0 Å². The molecule has 2 unspecified atom stereocenters. The lowest BCUT2D eigenvalue weighted by Crippen LogP contribution is -2.47. The van der Waals surface area contributed by atoms with Crippen molar-refractivity contribution < 1.29 is 9.90 Å². The summed E-state index contributed by atoms with van der Waals surface area (Å²) >= 11 is 0. The predicted octanol–water partition coefficient (Wildman–Crippen LogP) is 1.58. The predicted molar refractivity (Wildman–Crippen MR) is 51.7 cm³/mol. The van der Waals surface area contributed by atoms with Gasteiger partial charge in [0.2, 0.25) is 0 Å². The molecule has 0 bridgehead atoms. The summed E-state index contributed by atoms with van der Waals surface area (Å²) in [5.74, 6) is -0.112. The van der Waals surface area contributed by atoms with E-state index in [1.807, 2.05) is 0 Å². The summed E-state index contributed by atoms with van der Waals surface area (Å²) in [6.45, 7) is 9.09. The zero-order valence-electron chi connectivity index (χ0n) is 8.87. The molecule has 0 saturated carbocycles. The van der Waals surface area contributed by atoms with E-state index < -0.39 is 5.97 Å². The highest BCUT2D eigenvalue weighted by molar-refractivity contribution is 5.73. The van der Waals surface area contributed by atoms with Crippen LogP contribution in [0.2, 0.25) is 0 Å². The van der Waals surface area contributed by atoms with Gasteiger partial charge in [-0.2, -0.15) is 0 Å². The molecule has 0 radical (unpaired) electrons. The molecule has 1 fully saturated rings. The molecule has 13 heavy (non-hydrogen) atoms. The molecular formula is C10H19NO2. The first-order valence-corrected chi connectivity index (χ1v) is 4.84. The molecule has 76 valence electrons. The quantitative estimate of drug-likeness (QED) is 0.710. The molecule has 0 aliphatic carbocycles. The standard InChI is InChI=1S/C10H19NO2/c1-7-5-10(3,4)11(6-7)8(2)9(12)13/h7-8H,5-6H2,1-4H3,(H,12,13). The first kappa shape index (κ1) is 10.5. The summed E-state index contributed by atoms with van der Waals surface area (Å²) < 4.78 is 0. The Morgan fingerprint density at radius 1 is 1.62 bits per heavy atom. The molecule has 0 aromatic carbocycles. The summed E-state index contributed by atoms with van der Waals surface area (Å²) in [5, 5.41) is 8.92. The number of likely N-dealkylation sites (tertiary alicyclic amines) is 1. The summed E-state index contributed by atoms with van der Waals surface area (Å²) in [6, 6.07) is -0.361. The highest BCUT2D eigenvalue weighted by Crippen LogP contribution is 2.33. The van der Waals surface area contributed by atoms with Gasteiger partial charge in [0.1, 0.15) is 6.04 Å². The van der Waals surface area contributed by atoms with Gasteiger partial charge in [0.25, 0.3) is 0 Å². The molecule has 0 spiro atoms. The first-order valence-electron chi connectivity index (χ1n) is 4.84. The minimum absolute atomic E-state index is 0.0389. The van der Waals surface area contributed by atoms with Crippen molar-refractivity contribution in [1.82, 2.24) is 4.90 Å². The van der Waals surface area contributed by atoms with E-state index in [1.165, 1.54) is 0 Å². The minimum atomic E-state index is -0.720. The Morgan fingerprint density at radius 3 is 2.46 bits per heavy atom. The van der Waals surface area contributed by atoms with E-state index in [0.717, 1.165) is 13.0 Å². The number of nitrogens with zero attached hydrogens (tertiary/aromatic N) is 1. The van der Waals surface area contributed by atoms with Crippen molar-refractivity contribution in [3.63, 3.8) is 0 Å². The minimum Gasteiger partial charge on any atom is -0.480 e. The summed E-state index contributed by atoms with van der Waals surface area (Å²) in [4.78, 5) is 12.9. The number of hydrogen-bond acceptors (Lipinski definition) is 2. The van der Waals surface area contributed by atoms with E-state index >= 15 is 0 Å². The topological polar surface area (TPSA) is 40.5 Å². The van der Waals surface area contributed by atoms with Gasteiger partial charge in [0.15, 0.2) is 0 Å². The van der Waals surface area contributed by atoms with E-state index in [-0.39, 0.29) is 11.6 Å². The van der Waals surface area contributed by atoms with Crippen molar-refractivity contribution in [3.05, 3.63) is 0 Å². The Labute approximate surface area is 79.7 Å².